The van der Waals surface area contributed by atoms with Crippen molar-refractivity contribution in [2.75, 3.05) is 5.32 Å². The molecule has 0 saturated carbocycles. The minimum atomic E-state index is -1.04. The summed E-state index contributed by atoms with van der Waals surface area (Å²) in [5.41, 5.74) is 4.75. The van der Waals surface area contributed by atoms with Gasteiger partial charge in [0.05, 0.1) is 16.4 Å². The van der Waals surface area contributed by atoms with Crippen LogP contribution in [0.2, 0.25) is 10.0 Å². The molecule has 2 N–H and O–H groups in total. The molecule has 0 aliphatic carbocycles. The third-order valence-electron chi connectivity index (χ3n) is 7.25. The second kappa shape index (κ2) is 12.9. The number of aromatic nitrogens is 4. The number of amides is 2. The Hall–Kier alpha value is -4.67. The second-order valence-corrected chi connectivity index (χ2v) is 11.4. The van der Waals surface area contributed by atoms with Gasteiger partial charge in [-0.1, -0.05) is 34.4 Å². The molecular weight excluding hydrogens is 603 g/mol. The number of carbonyl (C=O) groups excluding carboxylic acids is 2. The summed E-state index contributed by atoms with van der Waals surface area (Å²) in [6.07, 6.45) is 4.76. The highest BCUT2D eigenvalue weighted by molar-refractivity contribution is 6.33. The molecule has 5 rings (SSSR count). The number of hydrogen-bond acceptors (Lipinski definition) is 6. The molecule has 0 saturated heterocycles. The Morgan fingerprint density at radius 2 is 1.77 bits per heavy atom. The Bertz CT molecular complexity index is 1910. The van der Waals surface area contributed by atoms with Gasteiger partial charge >= 0.3 is 0 Å². The fraction of sp³-hybridized carbons (Fsp3) is 0.219. The first kappa shape index (κ1) is 30.8. The molecule has 0 aliphatic heterocycles. The van der Waals surface area contributed by atoms with Crippen LogP contribution >= 0.6 is 23.2 Å². The van der Waals surface area contributed by atoms with Gasteiger partial charge in [-0.2, -0.15) is 5.10 Å². The van der Waals surface area contributed by atoms with Crippen molar-refractivity contribution >= 4 is 40.7 Å². The summed E-state index contributed by atoms with van der Waals surface area (Å²) in [7, 11) is 1.81. The van der Waals surface area contributed by atoms with E-state index in [1.54, 1.807) is 58.9 Å². The van der Waals surface area contributed by atoms with Crippen LogP contribution in [0.1, 0.15) is 41.5 Å². The molecule has 10 nitrogen and oxygen atoms in total. The summed E-state index contributed by atoms with van der Waals surface area (Å²) in [6.45, 7) is 5.50. The Balaban J connectivity index is 1.45. The number of halogens is 2. The van der Waals surface area contributed by atoms with Crippen molar-refractivity contribution in [3.8, 4) is 22.4 Å². The van der Waals surface area contributed by atoms with Gasteiger partial charge < -0.3 is 19.7 Å². The average Bonchev–Trinajstić information content (AvgIpc) is 3.61. The lowest BCUT2D eigenvalue weighted by Crippen LogP contribution is -2.45. The van der Waals surface area contributed by atoms with Crippen LogP contribution in [0, 0.1) is 6.92 Å². The van der Waals surface area contributed by atoms with Gasteiger partial charge in [0, 0.05) is 54.2 Å². The standard InChI is InChI=1S/C32H30Cl2N6O4/c1-18(2)40-16-21(6-10-30(40)41)20-5-9-26(33)22(13-20)14-28(37-31(42)25-17-44-38-19(25)3)32(43)36-23-7-8-24(27(34)15-23)29-11-12-35-39(29)4/h5-13,15-18,28H,14H2,1-4H3,(H,36,43)(H,37,42). The number of rotatable bonds is 9. The van der Waals surface area contributed by atoms with Gasteiger partial charge in [0.15, 0.2) is 0 Å². The normalized spacial score (nSPS) is 11.9. The van der Waals surface area contributed by atoms with E-state index in [9.17, 15) is 14.4 Å². The summed E-state index contributed by atoms with van der Waals surface area (Å²) in [4.78, 5) is 39.2. The van der Waals surface area contributed by atoms with Gasteiger partial charge in [-0.15, -0.1) is 0 Å². The van der Waals surface area contributed by atoms with E-state index < -0.39 is 17.9 Å². The Morgan fingerprint density at radius 1 is 1.00 bits per heavy atom. The quantitative estimate of drug-likeness (QED) is 0.203. The van der Waals surface area contributed by atoms with Crippen molar-refractivity contribution in [2.24, 2.45) is 7.05 Å². The fourth-order valence-corrected chi connectivity index (χ4v) is 5.30. The van der Waals surface area contributed by atoms with E-state index in [4.69, 9.17) is 27.7 Å². The van der Waals surface area contributed by atoms with E-state index in [0.717, 1.165) is 22.4 Å². The number of nitrogens with zero attached hydrogens (tertiary/aromatic N) is 4. The molecular formula is C32H30Cl2N6O4. The minimum absolute atomic E-state index is 0.0231. The largest absolute Gasteiger partial charge is 0.364 e. The first-order valence-corrected chi connectivity index (χ1v) is 14.6. The number of aryl methyl sites for hydroxylation is 2. The molecule has 1 atom stereocenters. The average molecular weight is 634 g/mol. The third kappa shape index (κ3) is 6.61. The van der Waals surface area contributed by atoms with Crippen LogP contribution < -0.4 is 16.2 Å². The van der Waals surface area contributed by atoms with Crippen LogP contribution in [-0.4, -0.2) is 37.4 Å². The van der Waals surface area contributed by atoms with Crippen molar-refractivity contribution in [3.05, 3.63) is 110 Å². The molecule has 0 spiro atoms. The number of hydrogen-bond donors (Lipinski definition) is 2. The number of anilines is 1. The zero-order chi connectivity index (χ0) is 31.5. The first-order valence-electron chi connectivity index (χ1n) is 13.8. The summed E-state index contributed by atoms with van der Waals surface area (Å²) >= 11 is 13.2. The van der Waals surface area contributed by atoms with E-state index in [1.807, 2.05) is 39.1 Å². The van der Waals surface area contributed by atoms with Crippen LogP contribution in [-0.2, 0) is 18.3 Å². The number of pyridine rings is 1. The Labute approximate surface area is 263 Å². The second-order valence-electron chi connectivity index (χ2n) is 10.6. The topological polar surface area (TPSA) is 124 Å². The zero-order valence-electron chi connectivity index (χ0n) is 24.5. The third-order valence-corrected chi connectivity index (χ3v) is 7.93. The summed E-state index contributed by atoms with van der Waals surface area (Å²) in [5, 5.41) is 14.5. The molecule has 5 aromatic rings. The molecule has 226 valence electrons. The molecule has 2 aromatic carbocycles. The Kier molecular flexibility index (Phi) is 9.03. The number of carbonyl (C=O) groups is 2. The van der Waals surface area contributed by atoms with E-state index in [-0.39, 0.29) is 23.6 Å². The van der Waals surface area contributed by atoms with Crippen LogP contribution in [0.4, 0.5) is 5.69 Å². The monoisotopic (exact) mass is 632 g/mol. The maximum absolute atomic E-state index is 13.7. The summed E-state index contributed by atoms with van der Waals surface area (Å²) < 4.78 is 8.27. The van der Waals surface area contributed by atoms with Crippen molar-refractivity contribution in [2.45, 2.75) is 39.3 Å². The van der Waals surface area contributed by atoms with Crippen molar-refractivity contribution < 1.29 is 14.1 Å². The van der Waals surface area contributed by atoms with Crippen molar-refractivity contribution in [3.63, 3.8) is 0 Å². The molecule has 12 heteroatoms. The molecule has 2 amide bonds. The predicted molar refractivity (Wildman–Crippen MR) is 170 cm³/mol. The van der Waals surface area contributed by atoms with Gasteiger partial charge in [-0.05, 0) is 79.9 Å². The molecule has 0 fully saturated rings. The lowest BCUT2D eigenvalue weighted by molar-refractivity contribution is -0.118. The highest BCUT2D eigenvalue weighted by atomic mass is 35.5. The van der Waals surface area contributed by atoms with Gasteiger partial charge in [0.1, 0.15) is 17.9 Å². The summed E-state index contributed by atoms with van der Waals surface area (Å²) in [5.74, 6) is -1.00. The van der Waals surface area contributed by atoms with Gasteiger partial charge in [-0.25, -0.2) is 0 Å². The maximum Gasteiger partial charge on any atom is 0.257 e. The minimum Gasteiger partial charge on any atom is -0.364 e. The van der Waals surface area contributed by atoms with E-state index in [1.165, 1.54) is 12.3 Å². The highest BCUT2D eigenvalue weighted by Crippen LogP contribution is 2.30. The molecule has 3 heterocycles. The molecule has 1 unspecified atom stereocenters. The van der Waals surface area contributed by atoms with Crippen LogP contribution in [0.3, 0.4) is 0 Å². The molecule has 0 aliphatic rings. The lowest BCUT2D eigenvalue weighted by Gasteiger charge is -2.20. The smallest absolute Gasteiger partial charge is 0.257 e. The summed E-state index contributed by atoms with van der Waals surface area (Å²) in [6, 6.07) is 14.6. The Morgan fingerprint density at radius 3 is 2.43 bits per heavy atom. The van der Waals surface area contributed by atoms with Crippen molar-refractivity contribution in [1.82, 2.24) is 24.8 Å². The predicted octanol–water partition coefficient (Wildman–Crippen LogP) is 6.08. The molecule has 0 bridgehead atoms. The molecule has 0 radical (unpaired) electrons. The van der Waals surface area contributed by atoms with Crippen LogP contribution in [0.5, 0.6) is 0 Å². The molecule has 44 heavy (non-hydrogen) atoms. The number of benzene rings is 2. The van der Waals surface area contributed by atoms with E-state index in [0.29, 0.717) is 27.0 Å². The zero-order valence-corrected chi connectivity index (χ0v) is 26.0. The van der Waals surface area contributed by atoms with E-state index >= 15 is 0 Å². The highest BCUT2D eigenvalue weighted by Gasteiger charge is 2.25. The van der Waals surface area contributed by atoms with Gasteiger partial charge in [0.25, 0.3) is 11.5 Å². The molecule has 3 aromatic heterocycles. The number of nitrogens with one attached hydrogen (secondary N) is 2. The fourth-order valence-electron chi connectivity index (χ4n) is 4.83. The van der Waals surface area contributed by atoms with Crippen LogP contribution in [0.15, 0.2) is 82.6 Å². The maximum atomic E-state index is 13.7. The van der Waals surface area contributed by atoms with Gasteiger partial charge in [0.2, 0.25) is 5.91 Å². The van der Waals surface area contributed by atoms with Gasteiger partial charge in [-0.3, -0.25) is 19.1 Å². The lowest BCUT2D eigenvalue weighted by atomic mass is 9.99. The van der Waals surface area contributed by atoms with Crippen molar-refractivity contribution in [1.29, 1.82) is 0 Å². The SMILES string of the molecule is Cc1nocc1C(=O)NC(Cc1cc(-c2ccc(=O)n(C(C)C)c2)ccc1Cl)C(=O)Nc1ccc(-c2ccnn2C)c(Cl)c1. The first-order chi connectivity index (χ1) is 21.0. The van der Waals surface area contributed by atoms with Crippen LogP contribution in [0.25, 0.3) is 22.4 Å². The van der Waals surface area contributed by atoms with E-state index in [2.05, 4.69) is 20.9 Å².